The summed E-state index contributed by atoms with van der Waals surface area (Å²) >= 11 is 0. The van der Waals surface area contributed by atoms with Crippen molar-refractivity contribution >= 4 is 5.91 Å². The Morgan fingerprint density at radius 3 is 2.40 bits per heavy atom. The lowest BCUT2D eigenvalue weighted by Crippen LogP contribution is -2.37. The van der Waals surface area contributed by atoms with Gasteiger partial charge in [-0.25, -0.2) is 0 Å². The minimum Gasteiger partial charge on any atom is -0.356 e. The molecule has 4 heteroatoms. The van der Waals surface area contributed by atoms with Crippen molar-refractivity contribution in [2.75, 3.05) is 20.6 Å². The monoisotopic (exact) mass is 345 g/mol. The summed E-state index contributed by atoms with van der Waals surface area (Å²) in [4.78, 5) is 19.1. The molecule has 4 nitrogen and oxygen atoms in total. The van der Waals surface area contributed by atoms with Crippen molar-refractivity contribution in [3.63, 3.8) is 0 Å². The van der Waals surface area contributed by atoms with E-state index in [2.05, 4.69) is 55.3 Å². The lowest BCUT2D eigenvalue weighted by atomic mass is 9.77. The Kier molecular flexibility index (Phi) is 7.89. The highest BCUT2D eigenvalue weighted by Crippen LogP contribution is 2.38. The van der Waals surface area contributed by atoms with Crippen LogP contribution in [0.4, 0.5) is 0 Å². The van der Waals surface area contributed by atoms with Gasteiger partial charge in [0.1, 0.15) is 0 Å². The van der Waals surface area contributed by atoms with Crippen LogP contribution in [0, 0.1) is 17.8 Å². The third-order valence-corrected chi connectivity index (χ3v) is 5.81. The lowest BCUT2D eigenvalue weighted by Gasteiger charge is -2.37. The average molecular weight is 346 g/mol. The molecule has 1 aromatic rings. The van der Waals surface area contributed by atoms with Crippen molar-refractivity contribution in [2.24, 2.45) is 17.8 Å². The number of hydrogen-bond donors (Lipinski definition) is 1. The maximum absolute atomic E-state index is 12.2. The van der Waals surface area contributed by atoms with Crippen molar-refractivity contribution in [2.45, 2.75) is 58.4 Å². The van der Waals surface area contributed by atoms with Gasteiger partial charge in [-0.1, -0.05) is 19.9 Å². The van der Waals surface area contributed by atoms with E-state index in [-0.39, 0.29) is 11.8 Å². The van der Waals surface area contributed by atoms with Crippen LogP contribution in [-0.4, -0.2) is 36.4 Å². The van der Waals surface area contributed by atoms with Gasteiger partial charge in [0, 0.05) is 18.7 Å². The topological polar surface area (TPSA) is 45.2 Å². The second kappa shape index (κ2) is 9.91. The van der Waals surface area contributed by atoms with Crippen LogP contribution in [-0.2, 0) is 4.79 Å². The van der Waals surface area contributed by atoms with E-state index >= 15 is 0 Å². The van der Waals surface area contributed by atoms with Crippen LogP contribution in [0.1, 0.15) is 64.1 Å². The quantitative estimate of drug-likeness (QED) is 0.773. The first kappa shape index (κ1) is 19.9. The zero-order valence-electron chi connectivity index (χ0n) is 16.4. The zero-order valence-corrected chi connectivity index (χ0v) is 16.4. The Morgan fingerprint density at radius 2 is 1.88 bits per heavy atom. The van der Waals surface area contributed by atoms with E-state index in [4.69, 9.17) is 0 Å². The Morgan fingerprint density at radius 1 is 1.20 bits per heavy atom. The van der Waals surface area contributed by atoms with Gasteiger partial charge in [0.15, 0.2) is 0 Å². The van der Waals surface area contributed by atoms with E-state index in [1.807, 2.05) is 12.3 Å². The fourth-order valence-electron chi connectivity index (χ4n) is 4.24. The Labute approximate surface area is 153 Å². The fourth-order valence-corrected chi connectivity index (χ4v) is 4.24. The SMILES string of the molecule is CCC(CC)C(=O)NCC1CCC([C@@H](c2ccccn2)N(C)C)CC1. The van der Waals surface area contributed by atoms with E-state index in [1.165, 1.54) is 31.4 Å². The van der Waals surface area contributed by atoms with E-state index in [1.54, 1.807) is 0 Å². The largest absolute Gasteiger partial charge is 0.356 e. The number of carbonyl (C=O) groups is 1. The van der Waals surface area contributed by atoms with Gasteiger partial charge < -0.3 is 10.2 Å². The van der Waals surface area contributed by atoms with Crippen molar-refractivity contribution in [3.8, 4) is 0 Å². The number of nitrogens with zero attached hydrogens (tertiary/aromatic N) is 2. The molecular formula is C21H35N3O. The summed E-state index contributed by atoms with van der Waals surface area (Å²) in [5.41, 5.74) is 1.18. The van der Waals surface area contributed by atoms with E-state index in [0.29, 0.717) is 17.9 Å². The van der Waals surface area contributed by atoms with Gasteiger partial charge in [-0.3, -0.25) is 9.78 Å². The number of hydrogen-bond acceptors (Lipinski definition) is 3. The fraction of sp³-hybridized carbons (Fsp3) is 0.714. The van der Waals surface area contributed by atoms with Crippen LogP contribution in [0.2, 0.25) is 0 Å². The maximum atomic E-state index is 12.2. The first-order valence-corrected chi connectivity index (χ1v) is 9.91. The molecule has 1 heterocycles. The van der Waals surface area contributed by atoms with Crippen molar-refractivity contribution in [3.05, 3.63) is 30.1 Å². The summed E-state index contributed by atoms with van der Waals surface area (Å²) in [6.45, 7) is 5.04. The highest BCUT2D eigenvalue weighted by atomic mass is 16.1. The van der Waals surface area contributed by atoms with Gasteiger partial charge in [-0.05, 0) is 76.6 Å². The summed E-state index contributed by atoms with van der Waals surface area (Å²) in [6, 6.07) is 6.60. The predicted molar refractivity (Wildman–Crippen MR) is 103 cm³/mol. The van der Waals surface area contributed by atoms with Gasteiger partial charge in [0.2, 0.25) is 5.91 Å². The smallest absolute Gasteiger partial charge is 0.223 e. The second-order valence-corrected chi connectivity index (χ2v) is 7.70. The van der Waals surface area contributed by atoms with E-state index in [9.17, 15) is 4.79 Å². The summed E-state index contributed by atoms with van der Waals surface area (Å²) in [6.07, 6.45) is 8.59. The number of aromatic nitrogens is 1. The Bertz CT molecular complexity index is 505. The zero-order chi connectivity index (χ0) is 18.2. The molecule has 0 saturated heterocycles. The van der Waals surface area contributed by atoms with Gasteiger partial charge in [0.25, 0.3) is 0 Å². The molecular weight excluding hydrogens is 310 g/mol. The van der Waals surface area contributed by atoms with Crippen LogP contribution in [0.5, 0.6) is 0 Å². The Balaban J connectivity index is 1.85. The van der Waals surface area contributed by atoms with Gasteiger partial charge >= 0.3 is 0 Å². The van der Waals surface area contributed by atoms with Crippen LogP contribution < -0.4 is 5.32 Å². The number of nitrogens with one attached hydrogen (secondary N) is 1. The minimum absolute atomic E-state index is 0.179. The molecule has 0 aliphatic heterocycles. The molecule has 1 aromatic heterocycles. The Hall–Kier alpha value is -1.42. The summed E-state index contributed by atoms with van der Waals surface area (Å²) in [7, 11) is 4.31. The normalized spacial score (nSPS) is 22.2. The van der Waals surface area contributed by atoms with E-state index in [0.717, 1.165) is 19.4 Å². The highest BCUT2D eigenvalue weighted by molar-refractivity contribution is 5.78. The van der Waals surface area contributed by atoms with E-state index < -0.39 is 0 Å². The molecule has 2 rings (SSSR count). The molecule has 0 bridgehead atoms. The van der Waals surface area contributed by atoms with Crippen LogP contribution in [0.25, 0.3) is 0 Å². The summed E-state index contributed by atoms with van der Waals surface area (Å²) in [5.74, 6) is 1.70. The molecule has 1 N–H and O–H groups in total. The third kappa shape index (κ3) is 5.53. The van der Waals surface area contributed by atoms with Crippen molar-refractivity contribution in [1.82, 2.24) is 15.2 Å². The molecule has 1 atom stereocenters. The minimum atomic E-state index is 0.179. The maximum Gasteiger partial charge on any atom is 0.223 e. The molecule has 0 aromatic carbocycles. The number of carbonyl (C=O) groups excluding carboxylic acids is 1. The van der Waals surface area contributed by atoms with Crippen LogP contribution >= 0.6 is 0 Å². The molecule has 1 aliphatic carbocycles. The molecule has 1 amide bonds. The lowest BCUT2D eigenvalue weighted by molar-refractivity contribution is -0.125. The number of amides is 1. The van der Waals surface area contributed by atoms with Crippen molar-refractivity contribution in [1.29, 1.82) is 0 Å². The molecule has 140 valence electrons. The molecule has 1 fully saturated rings. The molecule has 25 heavy (non-hydrogen) atoms. The predicted octanol–water partition coefficient (Wildman–Crippen LogP) is 4.04. The van der Waals surface area contributed by atoms with Crippen LogP contribution in [0.3, 0.4) is 0 Å². The first-order chi connectivity index (χ1) is 12.1. The number of rotatable bonds is 8. The molecule has 0 unspecified atom stereocenters. The first-order valence-electron chi connectivity index (χ1n) is 9.91. The van der Waals surface area contributed by atoms with Crippen molar-refractivity contribution < 1.29 is 4.79 Å². The summed E-state index contributed by atoms with van der Waals surface area (Å²) < 4.78 is 0. The average Bonchev–Trinajstić information content (AvgIpc) is 2.63. The molecule has 1 saturated carbocycles. The standard InChI is InChI=1S/C21H35N3O/c1-5-17(6-2)21(25)23-15-16-10-12-18(13-11-16)20(24(3)4)19-9-7-8-14-22-19/h7-9,14,16-18,20H,5-6,10-13,15H2,1-4H3,(H,23,25)/t16?,18?,20-/m0/s1. The summed E-state index contributed by atoms with van der Waals surface area (Å²) in [5, 5.41) is 3.19. The van der Waals surface area contributed by atoms with Gasteiger partial charge in [-0.2, -0.15) is 0 Å². The molecule has 0 spiro atoms. The number of pyridine rings is 1. The third-order valence-electron chi connectivity index (χ3n) is 5.81. The second-order valence-electron chi connectivity index (χ2n) is 7.70. The van der Waals surface area contributed by atoms with Gasteiger partial charge in [0.05, 0.1) is 11.7 Å². The van der Waals surface area contributed by atoms with Gasteiger partial charge in [-0.15, -0.1) is 0 Å². The highest BCUT2D eigenvalue weighted by Gasteiger charge is 2.30. The molecule has 0 radical (unpaired) electrons. The van der Waals surface area contributed by atoms with Crippen LogP contribution in [0.15, 0.2) is 24.4 Å². The molecule has 1 aliphatic rings.